The molecule has 0 atom stereocenters. The van der Waals surface area contributed by atoms with E-state index in [0.29, 0.717) is 12.4 Å². The van der Waals surface area contributed by atoms with Crippen LogP contribution in [0.15, 0.2) is 36.4 Å². The number of benzene rings is 2. The molecule has 3 rings (SSSR count). The average Bonchev–Trinajstić information content (AvgIpc) is 2.43. The topological polar surface area (TPSA) is 29.5 Å². The molecule has 0 saturated carbocycles. The molecule has 0 spiro atoms. The van der Waals surface area contributed by atoms with Gasteiger partial charge in [-0.05, 0) is 19.8 Å². The van der Waals surface area contributed by atoms with E-state index in [4.69, 9.17) is 4.74 Å². The van der Waals surface area contributed by atoms with Crippen LogP contribution < -0.4 is 4.74 Å². The molecule has 2 heteroatoms. The van der Waals surface area contributed by atoms with Gasteiger partial charge >= 0.3 is 0 Å². The molecule has 2 aromatic carbocycles. The summed E-state index contributed by atoms with van der Waals surface area (Å²) in [4.78, 5) is 0. The summed E-state index contributed by atoms with van der Waals surface area (Å²) in [5.41, 5.74) is 2.15. The minimum absolute atomic E-state index is 0.411. The molecule has 1 N–H and O–H groups in total. The molecule has 1 aliphatic carbocycles. The molecule has 92 valence electrons. The number of phenolic OH excluding ortho intramolecular Hbond substituents is 1. The van der Waals surface area contributed by atoms with Gasteiger partial charge in [0.1, 0.15) is 11.5 Å². The molecule has 2 nitrogen and oxygen atoms in total. The highest BCUT2D eigenvalue weighted by Crippen LogP contribution is 2.42. The number of aromatic hydroxyl groups is 1. The monoisotopic (exact) mass is 240 g/mol. The summed E-state index contributed by atoms with van der Waals surface area (Å²) < 4.78 is 5.83. The van der Waals surface area contributed by atoms with Crippen molar-refractivity contribution in [3.05, 3.63) is 47.5 Å². The fourth-order valence-corrected chi connectivity index (χ4v) is 2.64. The first-order valence-electron chi connectivity index (χ1n) is 6.36. The molecule has 0 fully saturated rings. The summed E-state index contributed by atoms with van der Waals surface area (Å²) in [6.07, 6.45) is 5.86. The van der Waals surface area contributed by atoms with Crippen LogP contribution in [0.25, 0.3) is 10.8 Å². The third-order valence-electron chi connectivity index (χ3n) is 3.45. The van der Waals surface area contributed by atoms with Gasteiger partial charge in [-0.15, -0.1) is 0 Å². The number of hydrogen-bond donors (Lipinski definition) is 1. The first-order valence-corrected chi connectivity index (χ1v) is 6.36. The van der Waals surface area contributed by atoms with Crippen LogP contribution in [0.2, 0.25) is 0 Å². The van der Waals surface area contributed by atoms with Crippen LogP contribution in [0.4, 0.5) is 0 Å². The highest BCUT2D eigenvalue weighted by Gasteiger charge is 2.19. The lowest BCUT2D eigenvalue weighted by Gasteiger charge is -2.20. The molecule has 0 amide bonds. The smallest absolute Gasteiger partial charge is 0.131 e. The molecular weight excluding hydrogens is 224 g/mol. The summed E-state index contributed by atoms with van der Waals surface area (Å²) in [6, 6.07) is 7.89. The first-order chi connectivity index (χ1) is 8.83. The Bertz CT molecular complexity index is 627. The van der Waals surface area contributed by atoms with Crippen LogP contribution in [-0.2, 0) is 12.8 Å². The third-order valence-corrected chi connectivity index (χ3v) is 3.45. The second-order valence-electron chi connectivity index (χ2n) is 4.49. The number of fused-ring (bicyclic) bond motifs is 2. The maximum Gasteiger partial charge on any atom is 0.131 e. The van der Waals surface area contributed by atoms with E-state index in [1.165, 1.54) is 0 Å². The van der Waals surface area contributed by atoms with Gasteiger partial charge in [-0.1, -0.05) is 36.4 Å². The SMILES string of the molecule is CCOc1c2c(c(O)c3ccccc13)CC=CC2. The second kappa shape index (κ2) is 4.37. The number of hydrogen-bond acceptors (Lipinski definition) is 2. The van der Waals surface area contributed by atoms with Crippen molar-refractivity contribution in [3.8, 4) is 11.5 Å². The predicted octanol–water partition coefficient (Wildman–Crippen LogP) is 3.60. The summed E-state index contributed by atoms with van der Waals surface area (Å²) in [5.74, 6) is 1.35. The molecule has 0 saturated heterocycles. The zero-order valence-electron chi connectivity index (χ0n) is 10.4. The van der Waals surface area contributed by atoms with E-state index < -0.39 is 0 Å². The third kappa shape index (κ3) is 1.57. The van der Waals surface area contributed by atoms with Crippen LogP contribution in [0.3, 0.4) is 0 Å². The maximum absolute atomic E-state index is 10.4. The van der Waals surface area contributed by atoms with Gasteiger partial charge in [0, 0.05) is 21.9 Å². The van der Waals surface area contributed by atoms with Crippen molar-refractivity contribution in [1.29, 1.82) is 0 Å². The van der Waals surface area contributed by atoms with E-state index >= 15 is 0 Å². The standard InChI is InChI=1S/C16H16O2/c1-2-18-16-13-9-5-3-7-11(13)15(17)12-8-4-6-10-14(12)16/h3-7,9,17H,2,8,10H2,1H3. The summed E-state index contributed by atoms with van der Waals surface area (Å²) in [5, 5.41) is 12.3. The molecule has 2 aromatic rings. The van der Waals surface area contributed by atoms with Crippen molar-refractivity contribution < 1.29 is 9.84 Å². The minimum Gasteiger partial charge on any atom is -0.507 e. The predicted molar refractivity (Wildman–Crippen MR) is 73.3 cm³/mol. The maximum atomic E-state index is 10.4. The minimum atomic E-state index is 0.411. The van der Waals surface area contributed by atoms with Crippen LogP contribution in [0.5, 0.6) is 11.5 Å². The van der Waals surface area contributed by atoms with E-state index in [1.54, 1.807) is 0 Å². The molecule has 1 aliphatic rings. The Labute approximate surface area is 107 Å². The van der Waals surface area contributed by atoms with Crippen molar-refractivity contribution in [1.82, 2.24) is 0 Å². The van der Waals surface area contributed by atoms with E-state index in [1.807, 2.05) is 31.2 Å². The molecular formula is C16H16O2. The molecule has 18 heavy (non-hydrogen) atoms. The van der Waals surface area contributed by atoms with Crippen LogP contribution in [-0.4, -0.2) is 11.7 Å². The van der Waals surface area contributed by atoms with E-state index in [9.17, 15) is 5.11 Å². The average molecular weight is 240 g/mol. The van der Waals surface area contributed by atoms with Crippen molar-refractivity contribution >= 4 is 10.8 Å². The Morgan fingerprint density at radius 1 is 1.06 bits per heavy atom. The van der Waals surface area contributed by atoms with Crippen molar-refractivity contribution in [2.24, 2.45) is 0 Å². The molecule has 0 heterocycles. The van der Waals surface area contributed by atoms with Crippen molar-refractivity contribution in [2.75, 3.05) is 6.61 Å². The zero-order chi connectivity index (χ0) is 12.5. The molecule has 0 radical (unpaired) electrons. The zero-order valence-corrected chi connectivity index (χ0v) is 10.4. The molecule has 0 bridgehead atoms. The van der Waals surface area contributed by atoms with Gasteiger partial charge in [0.25, 0.3) is 0 Å². The van der Waals surface area contributed by atoms with E-state index in [0.717, 1.165) is 40.5 Å². The first kappa shape index (κ1) is 11.1. The fraction of sp³-hybridized carbons (Fsp3) is 0.250. The summed E-state index contributed by atoms with van der Waals surface area (Å²) in [6.45, 7) is 2.64. The van der Waals surface area contributed by atoms with Crippen LogP contribution in [0, 0.1) is 0 Å². The lowest BCUT2D eigenvalue weighted by atomic mass is 9.91. The Morgan fingerprint density at radius 2 is 1.72 bits per heavy atom. The van der Waals surface area contributed by atoms with Gasteiger partial charge < -0.3 is 9.84 Å². The fourth-order valence-electron chi connectivity index (χ4n) is 2.64. The Morgan fingerprint density at radius 3 is 2.44 bits per heavy atom. The van der Waals surface area contributed by atoms with E-state index in [2.05, 4.69) is 12.2 Å². The normalized spacial score (nSPS) is 13.6. The Kier molecular flexibility index (Phi) is 2.71. The number of phenols is 1. The van der Waals surface area contributed by atoms with Gasteiger partial charge in [0.15, 0.2) is 0 Å². The van der Waals surface area contributed by atoms with Gasteiger partial charge in [0.2, 0.25) is 0 Å². The molecule has 0 unspecified atom stereocenters. The van der Waals surface area contributed by atoms with E-state index in [-0.39, 0.29) is 0 Å². The molecule has 0 aromatic heterocycles. The molecule has 0 aliphatic heterocycles. The second-order valence-corrected chi connectivity index (χ2v) is 4.49. The number of ether oxygens (including phenoxy) is 1. The summed E-state index contributed by atoms with van der Waals surface area (Å²) in [7, 11) is 0. The largest absolute Gasteiger partial charge is 0.507 e. The van der Waals surface area contributed by atoms with Gasteiger partial charge in [-0.2, -0.15) is 0 Å². The highest BCUT2D eigenvalue weighted by molar-refractivity contribution is 5.96. The van der Waals surface area contributed by atoms with Crippen LogP contribution in [0.1, 0.15) is 18.1 Å². The number of rotatable bonds is 2. The number of allylic oxidation sites excluding steroid dienone is 2. The summed E-state index contributed by atoms with van der Waals surface area (Å²) >= 11 is 0. The van der Waals surface area contributed by atoms with Gasteiger partial charge in [-0.3, -0.25) is 0 Å². The Hall–Kier alpha value is -1.96. The highest BCUT2D eigenvalue weighted by atomic mass is 16.5. The van der Waals surface area contributed by atoms with Crippen molar-refractivity contribution in [3.63, 3.8) is 0 Å². The quantitative estimate of drug-likeness (QED) is 0.813. The Balaban J connectivity index is 2.38. The lowest BCUT2D eigenvalue weighted by Crippen LogP contribution is -2.04. The van der Waals surface area contributed by atoms with Gasteiger partial charge in [0.05, 0.1) is 6.61 Å². The lowest BCUT2D eigenvalue weighted by molar-refractivity contribution is 0.340. The van der Waals surface area contributed by atoms with Crippen molar-refractivity contribution in [2.45, 2.75) is 19.8 Å². The van der Waals surface area contributed by atoms with Gasteiger partial charge in [-0.25, -0.2) is 0 Å². The van der Waals surface area contributed by atoms with Crippen LogP contribution >= 0.6 is 0 Å².